The fourth-order valence-electron chi connectivity index (χ4n) is 3.36. The standard InChI is InChI=1S/C23H30ClN2O8PS/c1-13(2)32-22(28)15(4)12-35(30,34-16-8-6-5-7-9-16)31-11-17-19(27)18(24)21(33-17)26-10-14(3)20(36)25-23(26)29/h5-10,13,15,17-19,21,27H,11-12H2,1-4H3,(H,25,29,36)/t15-,17+,18-,19?,21+,35+/m1/s1/i11D2. The summed E-state index contributed by atoms with van der Waals surface area (Å²) in [6, 6.07) is 7.90. The molecule has 2 heterocycles. The maximum atomic E-state index is 13.9. The lowest BCUT2D eigenvalue weighted by Crippen LogP contribution is -2.33. The van der Waals surface area contributed by atoms with Gasteiger partial charge in [0.25, 0.3) is 0 Å². The van der Waals surface area contributed by atoms with Crippen molar-refractivity contribution in [3.63, 3.8) is 0 Å². The lowest BCUT2D eigenvalue weighted by molar-refractivity contribution is -0.151. The van der Waals surface area contributed by atoms with Crippen LogP contribution in [0.15, 0.2) is 41.3 Å². The number of aromatic amines is 1. The Morgan fingerprint density at radius 3 is 2.67 bits per heavy atom. The molecule has 1 saturated heterocycles. The number of carbonyl (C=O) groups excluding carboxylic acids is 1. The normalized spacial score (nSPS) is 25.5. The van der Waals surface area contributed by atoms with Crippen LogP contribution in [0.1, 0.15) is 35.3 Å². The number of hydrogen-bond acceptors (Lipinski definition) is 9. The minimum Gasteiger partial charge on any atom is -0.463 e. The van der Waals surface area contributed by atoms with Crippen LogP contribution < -0.4 is 10.2 Å². The number of nitrogens with one attached hydrogen (secondary N) is 1. The largest absolute Gasteiger partial charge is 0.463 e. The molecule has 36 heavy (non-hydrogen) atoms. The Hall–Kier alpha value is -2.01. The number of esters is 1. The lowest BCUT2D eigenvalue weighted by atomic mass is 10.2. The number of aromatic nitrogens is 2. The number of aliphatic hydroxyl groups is 1. The Morgan fingerprint density at radius 1 is 1.36 bits per heavy atom. The molecule has 0 saturated carbocycles. The number of carbonyl (C=O) groups is 1. The Balaban J connectivity index is 1.90. The zero-order valence-electron chi connectivity index (χ0n) is 22.1. The first-order chi connectivity index (χ1) is 17.6. The number of benzene rings is 1. The van der Waals surface area contributed by atoms with E-state index >= 15 is 0 Å². The summed E-state index contributed by atoms with van der Waals surface area (Å²) in [5.41, 5.74) is -0.159. The van der Waals surface area contributed by atoms with Gasteiger partial charge in [-0.05, 0) is 32.9 Å². The summed E-state index contributed by atoms with van der Waals surface area (Å²) in [5, 5.41) is 9.48. The average Bonchev–Trinajstić information content (AvgIpc) is 3.11. The quantitative estimate of drug-likeness (QED) is 0.191. The zero-order chi connectivity index (χ0) is 28.4. The molecule has 0 bridgehead atoms. The van der Waals surface area contributed by atoms with E-state index in [-0.39, 0.29) is 10.4 Å². The van der Waals surface area contributed by atoms with Gasteiger partial charge in [0.1, 0.15) is 28.0 Å². The highest BCUT2D eigenvalue weighted by atomic mass is 35.5. The number of aryl methyl sites for hydroxylation is 1. The number of hydrogen-bond donors (Lipinski definition) is 2. The molecule has 10 nitrogen and oxygen atoms in total. The smallest absolute Gasteiger partial charge is 0.380 e. The molecule has 0 aliphatic carbocycles. The highest BCUT2D eigenvalue weighted by Crippen LogP contribution is 2.50. The third-order valence-corrected chi connectivity index (χ3v) is 7.93. The Bertz CT molecular complexity index is 1310. The molecule has 6 atom stereocenters. The number of rotatable bonds is 10. The zero-order valence-corrected chi connectivity index (χ0v) is 22.6. The van der Waals surface area contributed by atoms with E-state index in [0.29, 0.717) is 5.56 Å². The Kier molecular flexibility index (Phi) is 8.56. The lowest BCUT2D eigenvalue weighted by Gasteiger charge is -2.24. The van der Waals surface area contributed by atoms with E-state index < -0.39 is 67.8 Å². The molecule has 198 valence electrons. The number of ether oxygens (including phenoxy) is 2. The first kappa shape index (κ1) is 25.6. The minimum absolute atomic E-state index is 0.110. The van der Waals surface area contributed by atoms with Gasteiger partial charge in [-0.25, -0.2) is 9.36 Å². The topological polar surface area (TPSA) is 129 Å². The summed E-state index contributed by atoms with van der Waals surface area (Å²) >= 11 is 11.4. The van der Waals surface area contributed by atoms with Crippen molar-refractivity contribution in [2.45, 2.75) is 57.6 Å². The number of halogens is 1. The maximum Gasteiger partial charge on any atom is 0.380 e. The second-order valence-corrected chi connectivity index (χ2v) is 11.5. The molecule has 0 radical (unpaired) electrons. The molecule has 0 amide bonds. The minimum atomic E-state index is -4.43. The number of nitrogens with zero attached hydrogens (tertiary/aromatic N) is 1. The van der Waals surface area contributed by atoms with Crippen LogP contribution >= 0.6 is 31.4 Å². The Labute approximate surface area is 221 Å². The molecule has 1 aromatic carbocycles. The van der Waals surface area contributed by atoms with Crippen molar-refractivity contribution in [1.29, 1.82) is 0 Å². The molecule has 1 aliphatic heterocycles. The van der Waals surface area contributed by atoms with Crippen LogP contribution in [0.5, 0.6) is 5.75 Å². The van der Waals surface area contributed by atoms with E-state index in [9.17, 15) is 19.3 Å². The fourth-order valence-corrected chi connectivity index (χ4v) is 5.53. The molecule has 2 N–H and O–H groups in total. The monoisotopic (exact) mass is 562 g/mol. The van der Waals surface area contributed by atoms with Gasteiger partial charge < -0.3 is 19.1 Å². The average molecular weight is 563 g/mol. The van der Waals surface area contributed by atoms with E-state index in [1.165, 1.54) is 25.3 Å². The second-order valence-electron chi connectivity index (χ2n) is 8.65. The van der Waals surface area contributed by atoms with E-state index in [1.54, 1.807) is 39.0 Å². The highest BCUT2D eigenvalue weighted by molar-refractivity contribution is 7.71. The van der Waals surface area contributed by atoms with E-state index in [2.05, 4.69) is 4.98 Å². The predicted octanol–water partition coefficient (Wildman–Crippen LogP) is 3.96. The number of H-pyrrole nitrogens is 1. The van der Waals surface area contributed by atoms with Crippen LogP contribution in [0, 0.1) is 17.5 Å². The van der Waals surface area contributed by atoms with Gasteiger partial charge in [0.2, 0.25) is 0 Å². The summed E-state index contributed by atoms with van der Waals surface area (Å²) < 4.78 is 54.1. The van der Waals surface area contributed by atoms with E-state index in [4.69, 9.17) is 45.1 Å². The molecule has 1 fully saturated rings. The van der Waals surface area contributed by atoms with Crippen LogP contribution in [0.3, 0.4) is 0 Å². The first-order valence-corrected chi connectivity index (χ1v) is 13.8. The molecular formula is C23H30ClN2O8PS. The van der Waals surface area contributed by atoms with Crippen LogP contribution in [0.25, 0.3) is 0 Å². The van der Waals surface area contributed by atoms with Crippen molar-refractivity contribution in [2.75, 3.05) is 12.7 Å². The van der Waals surface area contributed by atoms with Crippen LogP contribution in [0.4, 0.5) is 0 Å². The van der Waals surface area contributed by atoms with Gasteiger partial charge in [-0.1, -0.05) is 37.3 Å². The molecule has 1 aliphatic rings. The van der Waals surface area contributed by atoms with Crippen molar-refractivity contribution in [3.8, 4) is 5.75 Å². The molecule has 1 unspecified atom stereocenters. The first-order valence-electron chi connectivity index (χ1n) is 12.2. The molecular weight excluding hydrogens is 531 g/mol. The van der Waals surface area contributed by atoms with Gasteiger partial charge in [-0.2, -0.15) is 0 Å². The summed E-state index contributed by atoms with van der Waals surface area (Å²) in [5.74, 6) is -1.55. The Morgan fingerprint density at radius 2 is 2.03 bits per heavy atom. The third-order valence-electron chi connectivity index (χ3n) is 5.16. The van der Waals surface area contributed by atoms with E-state index in [0.717, 1.165) is 4.57 Å². The van der Waals surface area contributed by atoms with Crippen molar-refractivity contribution in [3.05, 3.63) is 57.2 Å². The van der Waals surface area contributed by atoms with Crippen molar-refractivity contribution >= 4 is 37.4 Å². The van der Waals surface area contributed by atoms with Gasteiger partial charge in [0, 0.05) is 11.8 Å². The summed E-state index contributed by atoms with van der Waals surface area (Å²) in [6.07, 6.45) is -4.35. The molecule has 2 aromatic rings. The molecule has 3 rings (SSSR count). The number of alkyl halides is 1. The van der Waals surface area contributed by atoms with Gasteiger partial charge in [-0.15, -0.1) is 11.6 Å². The van der Waals surface area contributed by atoms with Crippen molar-refractivity contribution < 1.29 is 35.7 Å². The fraction of sp³-hybridized carbons (Fsp3) is 0.522. The van der Waals surface area contributed by atoms with Crippen LogP contribution in [0.2, 0.25) is 0 Å². The van der Waals surface area contributed by atoms with Crippen LogP contribution in [-0.4, -0.2) is 57.0 Å². The molecule has 1 aromatic heterocycles. The van der Waals surface area contributed by atoms with Crippen molar-refractivity contribution in [2.24, 2.45) is 5.92 Å². The van der Waals surface area contributed by atoms with Crippen molar-refractivity contribution in [1.82, 2.24) is 9.55 Å². The number of aliphatic hydroxyl groups excluding tert-OH is 1. The van der Waals surface area contributed by atoms with Gasteiger partial charge in [0.05, 0.1) is 27.5 Å². The van der Waals surface area contributed by atoms with Gasteiger partial charge >= 0.3 is 19.3 Å². The van der Waals surface area contributed by atoms with E-state index in [1.807, 2.05) is 0 Å². The second kappa shape index (κ2) is 12.0. The maximum absolute atomic E-state index is 13.9. The summed E-state index contributed by atoms with van der Waals surface area (Å²) in [4.78, 5) is 27.3. The molecule has 0 spiro atoms. The SMILES string of the molecule is [2H]C([2H])(O[P@@](=O)(C[C@@H](C)C(=O)OC(C)C)Oc1ccccc1)[C@@H]1O[C@H](n2cc(C)c(=S)[nH]c2=O)[C@H](Cl)C1O. The van der Waals surface area contributed by atoms with Gasteiger partial charge in [-0.3, -0.25) is 18.9 Å². The summed E-state index contributed by atoms with van der Waals surface area (Å²) in [6.45, 7) is 3.47. The van der Waals surface area contributed by atoms with Gasteiger partial charge in [0.15, 0.2) is 6.23 Å². The third kappa shape index (κ3) is 7.06. The molecule has 13 heteroatoms. The highest BCUT2D eigenvalue weighted by Gasteiger charge is 2.45. The number of para-hydroxylation sites is 1. The summed E-state index contributed by atoms with van der Waals surface area (Å²) in [7, 11) is -4.43. The van der Waals surface area contributed by atoms with Crippen LogP contribution in [-0.2, 0) is 23.4 Å². The predicted molar refractivity (Wildman–Crippen MR) is 136 cm³/mol.